The first kappa shape index (κ1) is 8.51. The molecule has 1 aliphatic carbocycles. The van der Waals surface area contributed by atoms with Gasteiger partial charge in [0.05, 0.1) is 5.60 Å². The summed E-state index contributed by atoms with van der Waals surface area (Å²) in [5.41, 5.74) is -0.746. The van der Waals surface area contributed by atoms with E-state index in [2.05, 4.69) is 0 Å². The molecule has 13 heavy (non-hydrogen) atoms. The molecule has 0 spiro atoms. The largest absolute Gasteiger partial charge is 0.424 e. The molecular weight excluding hydrogens is 168 g/mol. The van der Waals surface area contributed by atoms with E-state index in [1.54, 1.807) is 12.2 Å². The minimum Gasteiger partial charge on any atom is -0.424 e. The molecule has 0 aromatic heterocycles. The molecule has 2 aliphatic rings. The molecule has 0 radical (unpaired) electrons. The number of ether oxygens (including phenoxy) is 1. The molecule has 0 bridgehead atoms. The number of rotatable bonds is 1. The third kappa shape index (κ3) is 1.80. The second kappa shape index (κ2) is 3.00. The maximum atomic E-state index is 10.7. The number of carbonyl (C=O) groups is 1. The molecule has 3 heteroatoms. The molecule has 1 aliphatic heterocycles. The van der Waals surface area contributed by atoms with Gasteiger partial charge in [-0.2, -0.15) is 0 Å². The quantitative estimate of drug-likeness (QED) is 0.618. The van der Waals surface area contributed by atoms with Crippen molar-refractivity contribution >= 4 is 5.97 Å². The fraction of sp³-hybridized carbons (Fsp3) is 0.500. The summed E-state index contributed by atoms with van der Waals surface area (Å²) < 4.78 is 4.84. The second-order valence-electron chi connectivity index (χ2n) is 3.61. The molecule has 0 aromatic rings. The average Bonchev–Trinajstić information content (AvgIpc) is 2.62. The minimum absolute atomic E-state index is 0.354. The van der Waals surface area contributed by atoms with Crippen molar-refractivity contribution in [2.24, 2.45) is 0 Å². The fourth-order valence-electron chi connectivity index (χ4n) is 1.81. The van der Waals surface area contributed by atoms with Crippen molar-refractivity contribution in [3.8, 4) is 0 Å². The van der Waals surface area contributed by atoms with Crippen LogP contribution in [0.4, 0.5) is 0 Å². The van der Waals surface area contributed by atoms with Gasteiger partial charge in [0.15, 0.2) is 0 Å². The van der Waals surface area contributed by atoms with Crippen LogP contribution in [0, 0.1) is 0 Å². The van der Waals surface area contributed by atoms with Gasteiger partial charge in [-0.15, -0.1) is 0 Å². The van der Waals surface area contributed by atoms with E-state index >= 15 is 0 Å². The molecular formula is C10H12O3. The van der Waals surface area contributed by atoms with Gasteiger partial charge < -0.3 is 9.84 Å². The smallest absolute Gasteiger partial charge is 0.336 e. The van der Waals surface area contributed by atoms with Crippen molar-refractivity contribution in [3.63, 3.8) is 0 Å². The van der Waals surface area contributed by atoms with Crippen LogP contribution in [0.15, 0.2) is 24.0 Å². The molecule has 0 unspecified atom stereocenters. The summed E-state index contributed by atoms with van der Waals surface area (Å²) in [7, 11) is 0. The molecule has 2 rings (SSSR count). The van der Waals surface area contributed by atoms with Gasteiger partial charge in [0.1, 0.15) is 5.76 Å². The van der Waals surface area contributed by atoms with Crippen LogP contribution in [0.2, 0.25) is 0 Å². The van der Waals surface area contributed by atoms with Gasteiger partial charge in [-0.3, -0.25) is 0 Å². The Balaban J connectivity index is 2.11. The van der Waals surface area contributed by atoms with E-state index in [9.17, 15) is 9.90 Å². The number of carbonyl (C=O) groups excluding carboxylic acids is 1. The number of allylic oxidation sites excluding steroid dienone is 1. The number of esters is 1. The first-order valence-electron chi connectivity index (χ1n) is 4.53. The summed E-state index contributed by atoms with van der Waals surface area (Å²) >= 11 is 0. The summed E-state index contributed by atoms with van der Waals surface area (Å²) in [6.07, 6.45) is 8.23. The van der Waals surface area contributed by atoms with Crippen LogP contribution in [-0.2, 0) is 9.53 Å². The van der Waals surface area contributed by atoms with Crippen molar-refractivity contribution in [3.05, 3.63) is 24.0 Å². The highest BCUT2D eigenvalue weighted by molar-refractivity contribution is 5.86. The summed E-state index contributed by atoms with van der Waals surface area (Å²) in [6.45, 7) is 0. The molecule has 0 atom stereocenters. The Labute approximate surface area is 76.7 Å². The minimum atomic E-state index is -0.746. The standard InChI is InChI=1S/C10H12O3/c11-9-4-3-8(13-9)7-10(12)5-1-2-6-10/h3-4,7,12H,1-2,5-6H2/b8-7+. The Kier molecular flexibility index (Phi) is 1.96. The molecule has 0 aromatic carbocycles. The Hall–Kier alpha value is -1.09. The van der Waals surface area contributed by atoms with Gasteiger partial charge in [-0.25, -0.2) is 4.79 Å². The molecule has 0 amide bonds. The van der Waals surface area contributed by atoms with Gasteiger partial charge >= 0.3 is 5.97 Å². The maximum absolute atomic E-state index is 10.7. The summed E-state index contributed by atoms with van der Waals surface area (Å²) in [4.78, 5) is 10.7. The first-order valence-corrected chi connectivity index (χ1v) is 4.53. The highest BCUT2D eigenvalue weighted by atomic mass is 16.5. The van der Waals surface area contributed by atoms with E-state index < -0.39 is 5.60 Å². The van der Waals surface area contributed by atoms with E-state index in [0.717, 1.165) is 25.7 Å². The molecule has 1 saturated carbocycles. The lowest BCUT2D eigenvalue weighted by molar-refractivity contribution is -0.132. The van der Waals surface area contributed by atoms with Crippen LogP contribution in [-0.4, -0.2) is 16.7 Å². The average molecular weight is 180 g/mol. The first-order chi connectivity index (χ1) is 6.18. The summed E-state index contributed by atoms with van der Waals surface area (Å²) in [5.74, 6) is 0.127. The van der Waals surface area contributed by atoms with Crippen molar-refractivity contribution in [2.45, 2.75) is 31.3 Å². The van der Waals surface area contributed by atoms with Gasteiger partial charge in [-0.1, -0.05) is 12.8 Å². The molecule has 1 fully saturated rings. The number of hydrogen-bond donors (Lipinski definition) is 1. The highest BCUT2D eigenvalue weighted by Gasteiger charge is 2.30. The zero-order chi connectivity index (χ0) is 9.31. The predicted molar refractivity (Wildman–Crippen MR) is 46.7 cm³/mol. The van der Waals surface area contributed by atoms with Crippen LogP contribution in [0.5, 0.6) is 0 Å². The fourth-order valence-corrected chi connectivity index (χ4v) is 1.81. The Bertz CT molecular complexity index is 283. The van der Waals surface area contributed by atoms with Crippen molar-refractivity contribution in [1.82, 2.24) is 0 Å². The lowest BCUT2D eigenvalue weighted by Gasteiger charge is -2.16. The maximum Gasteiger partial charge on any atom is 0.336 e. The molecule has 0 saturated heterocycles. The number of aliphatic hydroxyl groups is 1. The van der Waals surface area contributed by atoms with Gasteiger partial charge in [0, 0.05) is 6.08 Å². The van der Waals surface area contributed by atoms with Crippen LogP contribution in [0.3, 0.4) is 0 Å². The summed E-state index contributed by atoms with van der Waals surface area (Å²) in [6, 6.07) is 0. The SMILES string of the molecule is O=C1C=C/C(=C\C2(O)CCCC2)O1. The van der Waals surface area contributed by atoms with E-state index in [4.69, 9.17) is 4.74 Å². The van der Waals surface area contributed by atoms with Crippen LogP contribution >= 0.6 is 0 Å². The molecule has 70 valence electrons. The van der Waals surface area contributed by atoms with Gasteiger partial charge in [0.25, 0.3) is 0 Å². The van der Waals surface area contributed by atoms with Crippen molar-refractivity contribution in [2.75, 3.05) is 0 Å². The summed E-state index contributed by atoms with van der Waals surface area (Å²) in [5, 5.41) is 9.94. The van der Waals surface area contributed by atoms with E-state index in [0.29, 0.717) is 5.76 Å². The second-order valence-corrected chi connectivity index (χ2v) is 3.61. The number of hydrogen-bond acceptors (Lipinski definition) is 3. The number of cyclic esters (lactones) is 1. The van der Waals surface area contributed by atoms with E-state index in [1.165, 1.54) is 6.08 Å². The monoisotopic (exact) mass is 180 g/mol. The van der Waals surface area contributed by atoms with Gasteiger partial charge in [0.2, 0.25) is 0 Å². The lowest BCUT2D eigenvalue weighted by Crippen LogP contribution is -2.21. The Morgan fingerprint density at radius 1 is 1.38 bits per heavy atom. The van der Waals surface area contributed by atoms with E-state index in [1.807, 2.05) is 0 Å². The van der Waals surface area contributed by atoms with Crippen LogP contribution in [0.1, 0.15) is 25.7 Å². The molecule has 3 nitrogen and oxygen atoms in total. The topological polar surface area (TPSA) is 46.5 Å². The predicted octanol–water partition coefficient (Wildman–Crippen LogP) is 1.29. The van der Waals surface area contributed by atoms with E-state index in [-0.39, 0.29) is 5.97 Å². The zero-order valence-corrected chi connectivity index (χ0v) is 7.32. The van der Waals surface area contributed by atoms with Gasteiger partial charge in [-0.05, 0) is 25.0 Å². The Morgan fingerprint density at radius 2 is 2.08 bits per heavy atom. The van der Waals surface area contributed by atoms with Crippen molar-refractivity contribution in [1.29, 1.82) is 0 Å². The lowest BCUT2D eigenvalue weighted by atomic mass is 10.0. The molecule has 1 heterocycles. The third-order valence-corrected chi connectivity index (χ3v) is 2.48. The zero-order valence-electron chi connectivity index (χ0n) is 7.32. The Morgan fingerprint density at radius 3 is 2.62 bits per heavy atom. The third-order valence-electron chi connectivity index (χ3n) is 2.48. The molecule has 1 N–H and O–H groups in total. The van der Waals surface area contributed by atoms with Crippen molar-refractivity contribution < 1.29 is 14.6 Å². The highest BCUT2D eigenvalue weighted by Crippen LogP contribution is 2.32. The normalized spacial score (nSPS) is 28.4. The van der Waals surface area contributed by atoms with Crippen LogP contribution in [0.25, 0.3) is 0 Å². The van der Waals surface area contributed by atoms with Crippen LogP contribution < -0.4 is 0 Å².